The molecule has 0 aliphatic carbocycles. The number of thiocarbonyl (C=S) groups is 1. The Morgan fingerprint density at radius 2 is 2.22 bits per heavy atom. The van der Waals surface area contributed by atoms with E-state index in [1.807, 2.05) is 24.3 Å². The number of nitrogens with zero attached hydrogens (tertiary/aromatic N) is 2. The summed E-state index contributed by atoms with van der Waals surface area (Å²) in [4.78, 5) is 0.242. The summed E-state index contributed by atoms with van der Waals surface area (Å²) in [6, 6.07) is 9.48. The fraction of sp³-hybridized carbons (Fsp3) is 0.154. The summed E-state index contributed by atoms with van der Waals surface area (Å²) in [6.45, 7) is 2.09. The molecule has 0 aliphatic rings. The molecule has 0 fully saturated rings. The van der Waals surface area contributed by atoms with Gasteiger partial charge in [-0.15, -0.1) is 5.10 Å². The number of rotatable bonds is 4. The normalized spacial score (nSPS) is 10.1. The largest absolute Gasteiger partial charge is 0.437 e. The Hall–Kier alpha value is -2.01. The Kier molecular flexibility index (Phi) is 3.84. The molecule has 1 heterocycles. The number of nitrogens with two attached hydrogens (primary N) is 1. The number of hydrogen-bond donors (Lipinski definition) is 1. The van der Waals surface area contributed by atoms with Crippen molar-refractivity contribution >= 4 is 17.2 Å². The molecule has 2 N–H and O–H groups in total. The number of ether oxygens (including phenoxy) is 1. The van der Waals surface area contributed by atoms with E-state index in [-0.39, 0.29) is 4.99 Å². The minimum absolute atomic E-state index is 0.242. The van der Waals surface area contributed by atoms with Crippen LogP contribution in [0.15, 0.2) is 36.5 Å². The maximum Gasteiger partial charge on any atom is 0.249 e. The zero-order chi connectivity index (χ0) is 13.0. The van der Waals surface area contributed by atoms with Gasteiger partial charge in [0.05, 0.1) is 11.8 Å². The van der Waals surface area contributed by atoms with Gasteiger partial charge in [0.15, 0.2) is 0 Å². The third-order valence-corrected chi connectivity index (χ3v) is 2.69. The van der Waals surface area contributed by atoms with Crippen molar-refractivity contribution < 1.29 is 4.74 Å². The summed E-state index contributed by atoms with van der Waals surface area (Å²) in [5, 5.41) is 7.69. The van der Waals surface area contributed by atoms with Crippen molar-refractivity contribution in [1.82, 2.24) is 10.2 Å². The zero-order valence-corrected chi connectivity index (χ0v) is 10.8. The monoisotopic (exact) mass is 259 g/mol. The van der Waals surface area contributed by atoms with Crippen molar-refractivity contribution in [2.45, 2.75) is 13.3 Å². The molecule has 0 saturated carbocycles. The van der Waals surface area contributed by atoms with E-state index >= 15 is 0 Å². The summed E-state index contributed by atoms with van der Waals surface area (Å²) < 4.78 is 5.67. The van der Waals surface area contributed by atoms with E-state index in [1.165, 1.54) is 11.8 Å². The van der Waals surface area contributed by atoms with E-state index in [1.54, 1.807) is 6.07 Å². The average molecular weight is 259 g/mol. The topological polar surface area (TPSA) is 61.0 Å². The van der Waals surface area contributed by atoms with Crippen LogP contribution in [0.4, 0.5) is 0 Å². The second-order valence-electron chi connectivity index (χ2n) is 3.72. The van der Waals surface area contributed by atoms with Gasteiger partial charge in [0.2, 0.25) is 5.88 Å². The van der Waals surface area contributed by atoms with Crippen molar-refractivity contribution in [3.63, 3.8) is 0 Å². The van der Waals surface area contributed by atoms with E-state index in [2.05, 4.69) is 17.1 Å². The fourth-order valence-electron chi connectivity index (χ4n) is 1.52. The quantitative estimate of drug-likeness (QED) is 0.855. The highest BCUT2D eigenvalue weighted by molar-refractivity contribution is 7.80. The van der Waals surface area contributed by atoms with Gasteiger partial charge in [-0.2, -0.15) is 5.10 Å². The molecule has 0 radical (unpaired) electrons. The molecule has 0 unspecified atom stereocenters. The predicted octanol–water partition coefficient (Wildman–Crippen LogP) is 2.47. The molecule has 5 heteroatoms. The van der Waals surface area contributed by atoms with Gasteiger partial charge in [-0.25, -0.2) is 0 Å². The van der Waals surface area contributed by atoms with Crippen LogP contribution in [0, 0.1) is 0 Å². The van der Waals surface area contributed by atoms with E-state index < -0.39 is 0 Å². The highest BCUT2D eigenvalue weighted by atomic mass is 32.1. The lowest BCUT2D eigenvalue weighted by molar-refractivity contribution is 0.453. The molecule has 18 heavy (non-hydrogen) atoms. The minimum Gasteiger partial charge on any atom is -0.437 e. The van der Waals surface area contributed by atoms with Crippen molar-refractivity contribution in [3.05, 3.63) is 47.7 Å². The molecule has 0 aliphatic heterocycles. The highest BCUT2D eigenvalue weighted by Gasteiger charge is 2.09. The molecule has 0 saturated heterocycles. The van der Waals surface area contributed by atoms with Crippen LogP contribution in [0.1, 0.15) is 18.1 Å². The van der Waals surface area contributed by atoms with E-state index in [0.717, 1.165) is 6.42 Å². The van der Waals surface area contributed by atoms with Crippen LogP contribution in [-0.2, 0) is 6.42 Å². The van der Waals surface area contributed by atoms with Crippen LogP contribution < -0.4 is 10.5 Å². The van der Waals surface area contributed by atoms with Gasteiger partial charge in [-0.1, -0.05) is 31.3 Å². The molecule has 0 spiro atoms. The van der Waals surface area contributed by atoms with E-state index in [0.29, 0.717) is 17.2 Å². The summed E-state index contributed by atoms with van der Waals surface area (Å²) in [7, 11) is 0. The summed E-state index contributed by atoms with van der Waals surface area (Å²) >= 11 is 4.94. The smallest absolute Gasteiger partial charge is 0.249 e. The second kappa shape index (κ2) is 5.55. The second-order valence-corrected chi connectivity index (χ2v) is 4.16. The first-order valence-corrected chi connectivity index (χ1v) is 6.00. The van der Waals surface area contributed by atoms with Gasteiger partial charge in [-0.3, -0.25) is 0 Å². The first kappa shape index (κ1) is 12.4. The van der Waals surface area contributed by atoms with Gasteiger partial charge in [0.1, 0.15) is 10.7 Å². The maximum atomic E-state index is 5.67. The molecule has 1 aromatic carbocycles. The van der Waals surface area contributed by atoms with Gasteiger partial charge in [0, 0.05) is 0 Å². The van der Waals surface area contributed by atoms with Crippen molar-refractivity contribution in [1.29, 1.82) is 0 Å². The van der Waals surface area contributed by atoms with E-state index in [9.17, 15) is 0 Å². The Balaban J connectivity index is 2.31. The van der Waals surface area contributed by atoms with Crippen LogP contribution in [0.2, 0.25) is 0 Å². The third-order valence-electron chi connectivity index (χ3n) is 2.47. The van der Waals surface area contributed by atoms with E-state index in [4.69, 9.17) is 22.7 Å². The van der Waals surface area contributed by atoms with Crippen LogP contribution in [-0.4, -0.2) is 15.2 Å². The third kappa shape index (κ3) is 2.81. The Morgan fingerprint density at radius 1 is 1.39 bits per heavy atom. The number of aryl methyl sites for hydroxylation is 1. The molecule has 92 valence electrons. The van der Waals surface area contributed by atoms with Gasteiger partial charge >= 0.3 is 0 Å². The number of aromatic nitrogens is 2. The summed E-state index contributed by atoms with van der Waals surface area (Å²) in [6.07, 6.45) is 2.48. The first-order chi connectivity index (χ1) is 8.70. The van der Waals surface area contributed by atoms with Crippen LogP contribution >= 0.6 is 12.2 Å². The molecular weight excluding hydrogens is 246 g/mol. The van der Waals surface area contributed by atoms with Gasteiger partial charge in [-0.05, 0) is 30.2 Å². The predicted molar refractivity (Wildman–Crippen MR) is 73.8 cm³/mol. The maximum absolute atomic E-state index is 5.67. The molecule has 0 atom stereocenters. The van der Waals surface area contributed by atoms with Crippen molar-refractivity contribution in [3.8, 4) is 11.6 Å². The van der Waals surface area contributed by atoms with Gasteiger partial charge < -0.3 is 10.5 Å². The van der Waals surface area contributed by atoms with Crippen LogP contribution in [0.5, 0.6) is 11.6 Å². The minimum atomic E-state index is 0.242. The Labute approximate surface area is 111 Å². The lowest BCUT2D eigenvalue weighted by Crippen LogP contribution is -2.12. The Morgan fingerprint density at radius 3 is 2.94 bits per heavy atom. The standard InChI is InChI=1S/C13H13N3OS/c1-2-9-4-3-5-10(8-9)17-13-11(12(14)18)6-7-15-16-13/h3-8H,2H2,1H3,(H2,14,18). The van der Waals surface area contributed by atoms with Crippen LogP contribution in [0.25, 0.3) is 0 Å². The zero-order valence-electron chi connectivity index (χ0n) is 9.96. The van der Waals surface area contributed by atoms with Crippen molar-refractivity contribution in [2.24, 2.45) is 5.73 Å². The molecule has 4 nitrogen and oxygen atoms in total. The lowest BCUT2D eigenvalue weighted by atomic mass is 10.2. The Bertz CT molecular complexity index is 572. The highest BCUT2D eigenvalue weighted by Crippen LogP contribution is 2.23. The number of benzene rings is 1. The summed E-state index contributed by atoms with van der Waals surface area (Å²) in [5.41, 5.74) is 7.38. The van der Waals surface area contributed by atoms with Crippen molar-refractivity contribution in [2.75, 3.05) is 0 Å². The average Bonchev–Trinajstić information content (AvgIpc) is 2.39. The van der Waals surface area contributed by atoms with Crippen LogP contribution in [0.3, 0.4) is 0 Å². The summed E-state index contributed by atoms with van der Waals surface area (Å²) in [5.74, 6) is 1.03. The molecule has 1 aromatic heterocycles. The number of hydrogen-bond acceptors (Lipinski definition) is 4. The molecule has 0 amide bonds. The fourth-order valence-corrected chi connectivity index (χ4v) is 1.68. The lowest BCUT2D eigenvalue weighted by Gasteiger charge is -2.08. The molecular formula is C13H13N3OS. The first-order valence-electron chi connectivity index (χ1n) is 5.59. The molecule has 2 rings (SSSR count). The molecule has 0 bridgehead atoms. The SMILES string of the molecule is CCc1cccc(Oc2nnccc2C(N)=S)c1. The van der Waals surface area contributed by atoms with Gasteiger partial charge in [0.25, 0.3) is 0 Å². The molecule has 2 aromatic rings.